The van der Waals surface area contributed by atoms with Crippen molar-refractivity contribution in [1.82, 2.24) is 4.98 Å². The number of thiazole rings is 1. The van der Waals surface area contributed by atoms with Crippen LogP contribution in [0.2, 0.25) is 0 Å². The van der Waals surface area contributed by atoms with E-state index in [1.54, 1.807) is 37.6 Å². The zero-order chi connectivity index (χ0) is 20.8. The zero-order valence-corrected chi connectivity index (χ0v) is 17.2. The molecule has 0 unspecified atom stereocenters. The highest BCUT2D eigenvalue weighted by Crippen LogP contribution is 2.25. The first-order chi connectivity index (χ1) is 14.7. The van der Waals surface area contributed by atoms with Gasteiger partial charge in [-0.3, -0.25) is 10.1 Å². The van der Waals surface area contributed by atoms with Gasteiger partial charge in [0.15, 0.2) is 5.13 Å². The minimum absolute atomic E-state index is 0.202. The third-order valence-corrected chi connectivity index (χ3v) is 5.32. The lowest BCUT2D eigenvalue weighted by Crippen LogP contribution is -2.11. The summed E-state index contributed by atoms with van der Waals surface area (Å²) < 4.78 is 10.9. The Kier molecular flexibility index (Phi) is 6.06. The maximum absolute atomic E-state index is 12.5. The summed E-state index contributed by atoms with van der Waals surface area (Å²) in [4.78, 5) is 17.9. The zero-order valence-electron chi connectivity index (χ0n) is 16.4. The van der Waals surface area contributed by atoms with Crippen LogP contribution in [0.25, 0.3) is 0 Å². The molecule has 0 aliphatic rings. The second kappa shape index (κ2) is 9.24. The smallest absolute Gasteiger partial charge is 0.257 e. The summed E-state index contributed by atoms with van der Waals surface area (Å²) in [5.41, 5.74) is 1.75. The van der Waals surface area contributed by atoms with E-state index in [0.717, 1.165) is 17.0 Å². The number of anilines is 1. The van der Waals surface area contributed by atoms with E-state index < -0.39 is 0 Å². The number of methoxy groups -OCH3 is 1. The van der Waals surface area contributed by atoms with Crippen LogP contribution >= 0.6 is 11.3 Å². The average Bonchev–Trinajstić information content (AvgIpc) is 3.22. The largest absolute Gasteiger partial charge is 0.497 e. The van der Waals surface area contributed by atoms with Crippen molar-refractivity contribution in [3.8, 4) is 17.2 Å². The van der Waals surface area contributed by atoms with Crippen molar-refractivity contribution in [3.05, 3.63) is 101 Å². The monoisotopic (exact) mass is 416 g/mol. The number of carbonyl (C=O) groups excluding carboxylic acids is 1. The summed E-state index contributed by atoms with van der Waals surface area (Å²) in [7, 11) is 1.62. The van der Waals surface area contributed by atoms with E-state index in [9.17, 15) is 4.79 Å². The molecular weight excluding hydrogens is 396 g/mol. The Bertz CT molecular complexity index is 1110. The Morgan fingerprint density at radius 2 is 1.53 bits per heavy atom. The first kappa shape index (κ1) is 19.7. The normalized spacial score (nSPS) is 10.4. The Hall–Kier alpha value is -3.64. The van der Waals surface area contributed by atoms with Crippen molar-refractivity contribution in [3.63, 3.8) is 0 Å². The molecule has 0 fully saturated rings. The molecule has 30 heavy (non-hydrogen) atoms. The predicted octanol–water partition coefficient (Wildman–Crippen LogP) is 5.79. The van der Waals surface area contributed by atoms with Crippen molar-refractivity contribution in [1.29, 1.82) is 0 Å². The number of nitrogens with one attached hydrogen (secondary N) is 1. The molecule has 1 N–H and O–H groups in total. The fourth-order valence-corrected chi connectivity index (χ4v) is 3.71. The number of hydrogen-bond acceptors (Lipinski definition) is 5. The molecule has 1 amide bonds. The fourth-order valence-electron chi connectivity index (χ4n) is 2.87. The Morgan fingerprint density at radius 3 is 2.20 bits per heavy atom. The molecule has 0 aliphatic carbocycles. The van der Waals surface area contributed by atoms with Crippen LogP contribution in [0.15, 0.2) is 85.1 Å². The highest BCUT2D eigenvalue weighted by atomic mass is 32.1. The van der Waals surface area contributed by atoms with Gasteiger partial charge in [-0.15, -0.1) is 11.3 Å². The minimum Gasteiger partial charge on any atom is -0.497 e. The molecule has 4 rings (SSSR count). The highest BCUT2D eigenvalue weighted by Gasteiger charge is 2.10. The third kappa shape index (κ3) is 5.04. The van der Waals surface area contributed by atoms with Gasteiger partial charge in [-0.05, 0) is 54.1 Å². The molecule has 0 radical (unpaired) electrons. The predicted molar refractivity (Wildman–Crippen MR) is 119 cm³/mol. The summed E-state index contributed by atoms with van der Waals surface area (Å²) in [6, 6.07) is 24.5. The van der Waals surface area contributed by atoms with Gasteiger partial charge in [-0.1, -0.05) is 30.3 Å². The molecule has 0 bridgehead atoms. The standard InChI is InChI=1S/C24H20N2O3S/c1-28-19-11-13-21(14-12-19)29-20-9-7-18(8-10-20)23(27)26-24-25-16-22(30-24)15-17-5-3-2-4-6-17/h2-14,16H,15H2,1H3,(H,25,26,27). The lowest BCUT2D eigenvalue weighted by Gasteiger charge is -2.07. The second-order valence-electron chi connectivity index (χ2n) is 6.55. The number of amides is 1. The maximum Gasteiger partial charge on any atom is 0.257 e. The molecule has 0 spiro atoms. The van der Waals surface area contributed by atoms with E-state index in [0.29, 0.717) is 22.2 Å². The van der Waals surface area contributed by atoms with Gasteiger partial charge in [0.05, 0.1) is 7.11 Å². The van der Waals surface area contributed by atoms with Gasteiger partial charge < -0.3 is 9.47 Å². The van der Waals surface area contributed by atoms with Gasteiger partial charge in [-0.25, -0.2) is 4.98 Å². The Balaban J connectivity index is 1.35. The van der Waals surface area contributed by atoms with E-state index in [-0.39, 0.29) is 5.91 Å². The van der Waals surface area contributed by atoms with Crippen molar-refractivity contribution in [2.75, 3.05) is 12.4 Å². The van der Waals surface area contributed by atoms with Gasteiger partial charge in [0.2, 0.25) is 0 Å². The van der Waals surface area contributed by atoms with Crippen LogP contribution < -0.4 is 14.8 Å². The SMILES string of the molecule is COc1ccc(Oc2ccc(C(=O)Nc3ncc(Cc4ccccc4)s3)cc2)cc1. The molecule has 0 aliphatic heterocycles. The summed E-state index contributed by atoms with van der Waals surface area (Å²) in [5.74, 6) is 1.91. The van der Waals surface area contributed by atoms with E-state index in [4.69, 9.17) is 9.47 Å². The van der Waals surface area contributed by atoms with Crippen LogP contribution in [0, 0.1) is 0 Å². The molecule has 6 heteroatoms. The van der Waals surface area contributed by atoms with Crippen molar-refractivity contribution in [2.45, 2.75) is 6.42 Å². The molecule has 0 saturated carbocycles. The van der Waals surface area contributed by atoms with Gasteiger partial charge >= 0.3 is 0 Å². The third-order valence-electron chi connectivity index (χ3n) is 4.41. The minimum atomic E-state index is -0.202. The van der Waals surface area contributed by atoms with Crippen LogP contribution in [0.3, 0.4) is 0 Å². The first-order valence-corrected chi connectivity index (χ1v) is 10.2. The molecule has 1 heterocycles. The van der Waals surface area contributed by atoms with Crippen LogP contribution in [0.1, 0.15) is 20.8 Å². The maximum atomic E-state index is 12.5. The molecule has 5 nitrogen and oxygen atoms in total. The number of ether oxygens (including phenoxy) is 2. The Labute approximate surface area is 178 Å². The average molecular weight is 417 g/mol. The summed E-state index contributed by atoms with van der Waals surface area (Å²) >= 11 is 1.48. The van der Waals surface area contributed by atoms with Crippen molar-refractivity contribution >= 4 is 22.4 Å². The number of nitrogens with zero attached hydrogens (tertiary/aromatic N) is 1. The number of carbonyl (C=O) groups is 1. The van der Waals surface area contributed by atoms with E-state index in [1.165, 1.54) is 16.9 Å². The van der Waals surface area contributed by atoms with Crippen molar-refractivity contribution < 1.29 is 14.3 Å². The lowest BCUT2D eigenvalue weighted by molar-refractivity contribution is 0.102. The molecule has 0 saturated heterocycles. The topological polar surface area (TPSA) is 60.5 Å². The van der Waals surface area contributed by atoms with Crippen LogP contribution in [-0.2, 0) is 6.42 Å². The van der Waals surface area contributed by atoms with Crippen molar-refractivity contribution in [2.24, 2.45) is 0 Å². The lowest BCUT2D eigenvalue weighted by atomic mass is 10.1. The van der Waals surface area contributed by atoms with Crippen LogP contribution in [0.5, 0.6) is 17.2 Å². The summed E-state index contributed by atoms with van der Waals surface area (Å²) in [6.45, 7) is 0. The number of hydrogen-bond donors (Lipinski definition) is 1. The van der Waals surface area contributed by atoms with Gasteiger partial charge in [0.25, 0.3) is 5.91 Å². The summed E-state index contributed by atoms with van der Waals surface area (Å²) in [5, 5.41) is 3.45. The number of benzene rings is 3. The summed E-state index contributed by atoms with van der Waals surface area (Å²) in [6.07, 6.45) is 2.60. The quantitative estimate of drug-likeness (QED) is 0.414. The molecular formula is C24H20N2O3S. The molecule has 4 aromatic rings. The molecule has 1 aromatic heterocycles. The highest BCUT2D eigenvalue weighted by molar-refractivity contribution is 7.15. The molecule has 0 atom stereocenters. The Morgan fingerprint density at radius 1 is 0.900 bits per heavy atom. The van der Waals surface area contributed by atoms with Crippen LogP contribution in [0.4, 0.5) is 5.13 Å². The second-order valence-corrected chi connectivity index (χ2v) is 7.67. The van der Waals surface area contributed by atoms with Gasteiger partial charge in [0.1, 0.15) is 17.2 Å². The van der Waals surface area contributed by atoms with Crippen LogP contribution in [-0.4, -0.2) is 18.0 Å². The van der Waals surface area contributed by atoms with Gasteiger partial charge in [-0.2, -0.15) is 0 Å². The molecule has 3 aromatic carbocycles. The number of aromatic nitrogens is 1. The van der Waals surface area contributed by atoms with E-state index >= 15 is 0 Å². The van der Waals surface area contributed by atoms with Gasteiger partial charge in [0, 0.05) is 23.1 Å². The fraction of sp³-hybridized carbons (Fsp3) is 0.0833. The van der Waals surface area contributed by atoms with E-state index in [1.807, 2.05) is 42.5 Å². The number of rotatable bonds is 7. The first-order valence-electron chi connectivity index (χ1n) is 9.41. The molecule has 150 valence electrons. The van der Waals surface area contributed by atoms with E-state index in [2.05, 4.69) is 22.4 Å².